The fourth-order valence-corrected chi connectivity index (χ4v) is 1.08. The van der Waals surface area contributed by atoms with Gasteiger partial charge in [0.25, 0.3) is 0 Å². The van der Waals surface area contributed by atoms with Crippen molar-refractivity contribution in [2.75, 3.05) is 7.11 Å². The van der Waals surface area contributed by atoms with Crippen LogP contribution in [0.2, 0.25) is 0 Å². The summed E-state index contributed by atoms with van der Waals surface area (Å²) in [5, 5.41) is 8.66. The summed E-state index contributed by atoms with van der Waals surface area (Å²) in [4.78, 5) is 10.4. The summed E-state index contributed by atoms with van der Waals surface area (Å²) in [6, 6.07) is 6.82. The van der Waals surface area contributed by atoms with Crippen LogP contribution in [0.25, 0.3) is 0 Å². The molecule has 78 valence electrons. The average Bonchev–Trinajstić information content (AvgIpc) is 2.25. The number of carbonyl (C=O) groups is 1. The summed E-state index contributed by atoms with van der Waals surface area (Å²) in [6.07, 6.45) is -0.846. The topological polar surface area (TPSA) is 85.3 Å². The number of nitriles is 1. The van der Waals surface area contributed by atoms with Crippen molar-refractivity contribution in [1.29, 1.82) is 5.26 Å². The lowest BCUT2D eigenvalue weighted by molar-refractivity contribution is 0.149. The standard InChI is InChI=1S/C10H10N2O3/c1-14-9-4-7(5-11)2-3-8(9)6-15-10(12)13/h2-4H,6H2,1H3,(H2,12,13). The molecule has 0 aliphatic rings. The van der Waals surface area contributed by atoms with Crippen molar-refractivity contribution >= 4 is 6.09 Å². The van der Waals surface area contributed by atoms with Gasteiger partial charge in [0.1, 0.15) is 12.4 Å². The van der Waals surface area contributed by atoms with E-state index in [0.717, 1.165) is 0 Å². The maximum Gasteiger partial charge on any atom is 0.404 e. The fraction of sp³-hybridized carbons (Fsp3) is 0.200. The molecule has 0 aromatic heterocycles. The molecule has 15 heavy (non-hydrogen) atoms. The van der Waals surface area contributed by atoms with Crippen molar-refractivity contribution in [1.82, 2.24) is 0 Å². The molecule has 0 radical (unpaired) electrons. The van der Waals surface area contributed by atoms with Crippen LogP contribution in [0.3, 0.4) is 0 Å². The minimum Gasteiger partial charge on any atom is -0.496 e. The highest BCUT2D eigenvalue weighted by molar-refractivity contribution is 5.64. The number of amides is 1. The van der Waals surface area contributed by atoms with Gasteiger partial charge in [-0.25, -0.2) is 4.79 Å². The first-order valence-corrected chi connectivity index (χ1v) is 4.16. The second kappa shape index (κ2) is 4.86. The lowest BCUT2D eigenvalue weighted by Crippen LogP contribution is -2.13. The lowest BCUT2D eigenvalue weighted by Gasteiger charge is -2.08. The molecule has 0 saturated carbocycles. The minimum absolute atomic E-state index is 0.0320. The summed E-state index contributed by atoms with van der Waals surface area (Å²) >= 11 is 0. The largest absolute Gasteiger partial charge is 0.496 e. The van der Waals surface area contributed by atoms with Gasteiger partial charge in [-0.15, -0.1) is 0 Å². The third-order valence-electron chi connectivity index (χ3n) is 1.79. The molecule has 0 fully saturated rings. The molecular formula is C10H10N2O3. The molecule has 1 aromatic carbocycles. The highest BCUT2D eigenvalue weighted by Gasteiger charge is 2.05. The van der Waals surface area contributed by atoms with Crippen LogP contribution in [0, 0.1) is 11.3 Å². The number of benzene rings is 1. The molecular weight excluding hydrogens is 196 g/mol. The molecule has 0 atom stereocenters. The van der Waals surface area contributed by atoms with Crippen LogP contribution in [-0.4, -0.2) is 13.2 Å². The van der Waals surface area contributed by atoms with E-state index >= 15 is 0 Å². The number of rotatable bonds is 3. The average molecular weight is 206 g/mol. The van der Waals surface area contributed by atoms with Gasteiger partial charge in [0.05, 0.1) is 18.7 Å². The van der Waals surface area contributed by atoms with Crippen molar-refractivity contribution in [3.63, 3.8) is 0 Å². The third kappa shape index (κ3) is 2.88. The molecule has 1 aromatic rings. The van der Waals surface area contributed by atoms with Crippen molar-refractivity contribution in [3.05, 3.63) is 29.3 Å². The van der Waals surface area contributed by atoms with Crippen LogP contribution in [-0.2, 0) is 11.3 Å². The van der Waals surface area contributed by atoms with Crippen molar-refractivity contribution in [2.45, 2.75) is 6.61 Å². The van der Waals surface area contributed by atoms with E-state index in [4.69, 9.17) is 15.7 Å². The number of ether oxygens (including phenoxy) is 2. The molecule has 5 heteroatoms. The molecule has 0 bridgehead atoms. The van der Waals surface area contributed by atoms with E-state index in [1.165, 1.54) is 7.11 Å². The molecule has 0 aliphatic carbocycles. The van der Waals surface area contributed by atoms with Crippen LogP contribution in [0.15, 0.2) is 18.2 Å². The van der Waals surface area contributed by atoms with Crippen molar-refractivity contribution < 1.29 is 14.3 Å². The summed E-state index contributed by atoms with van der Waals surface area (Å²) in [5.74, 6) is 0.496. The van der Waals surface area contributed by atoms with E-state index in [0.29, 0.717) is 16.9 Å². The highest BCUT2D eigenvalue weighted by atomic mass is 16.5. The molecule has 0 heterocycles. The number of nitrogens with two attached hydrogens (primary N) is 1. The van der Waals surface area contributed by atoms with Gasteiger partial charge >= 0.3 is 6.09 Å². The second-order valence-corrected chi connectivity index (χ2v) is 2.75. The molecule has 1 rings (SSSR count). The molecule has 0 saturated heterocycles. The first-order valence-electron chi connectivity index (χ1n) is 4.16. The third-order valence-corrected chi connectivity index (χ3v) is 1.79. The van der Waals surface area contributed by atoms with Gasteiger partial charge in [0.15, 0.2) is 0 Å². The van der Waals surface area contributed by atoms with Crippen molar-refractivity contribution in [3.8, 4) is 11.8 Å². The molecule has 0 unspecified atom stereocenters. The zero-order valence-electron chi connectivity index (χ0n) is 8.19. The van der Waals surface area contributed by atoms with Gasteiger partial charge in [0.2, 0.25) is 0 Å². The molecule has 0 spiro atoms. The number of nitrogens with zero attached hydrogens (tertiary/aromatic N) is 1. The van der Waals surface area contributed by atoms with Crippen LogP contribution in [0.1, 0.15) is 11.1 Å². The molecule has 0 aliphatic heterocycles. The fourth-order valence-electron chi connectivity index (χ4n) is 1.08. The Morgan fingerprint density at radius 3 is 2.87 bits per heavy atom. The van der Waals surface area contributed by atoms with Gasteiger partial charge in [0, 0.05) is 5.56 Å². The Morgan fingerprint density at radius 2 is 2.33 bits per heavy atom. The number of primary amides is 1. The SMILES string of the molecule is COc1cc(C#N)ccc1COC(N)=O. The summed E-state index contributed by atoms with van der Waals surface area (Å²) < 4.78 is 9.66. The maximum atomic E-state index is 10.4. The van der Waals surface area contributed by atoms with Gasteiger partial charge in [-0.2, -0.15) is 5.26 Å². The smallest absolute Gasteiger partial charge is 0.404 e. The monoisotopic (exact) mass is 206 g/mol. The Labute approximate surface area is 87.0 Å². The quantitative estimate of drug-likeness (QED) is 0.804. The van der Waals surface area contributed by atoms with E-state index in [1.54, 1.807) is 18.2 Å². The van der Waals surface area contributed by atoms with E-state index in [2.05, 4.69) is 4.74 Å². The van der Waals surface area contributed by atoms with E-state index < -0.39 is 6.09 Å². The Kier molecular flexibility index (Phi) is 3.52. The van der Waals surface area contributed by atoms with Crippen molar-refractivity contribution in [2.24, 2.45) is 5.73 Å². The number of methoxy groups -OCH3 is 1. The van der Waals surface area contributed by atoms with E-state index in [1.807, 2.05) is 6.07 Å². The number of hydrogen-bond acceptors (Lipinski definition) is 4. The summed E-state index contributed by atoms with van der Waals surface area (Å²) in [7, 11) is 1.48. The minimum atomic E-state index is -0.846. The molecule has 5 nitrogen and oxygen atoms in total. The molecule has 2 N–H and O–H groups in total. The normalized spacial score (nSPS) is 9.07. The Bertz CT molecular complexity index is 410. The van der Waals surface area contributed by atoms with Gasteiger partial charge in [-0.1, -0.05) is 6.07 Å². The van der Waals surface area contributed by atoms with Gasteiger partial charge < -0.3 is 15.2 Å². The maximum absolute atomic E-state index is 10.4. The van der Waals surface area contributed by atoms with Crippen LogP contribution >= 0.6 is 0 Å². The van der Waals surface area contributed by atoms with Gasteiger partial charge in [-0.3, -0.25) is 0 Å². The predicted octanol–water partition coefficient (Wildman–Crippen LogP) is 1.16. The van der Waals surface area contributed by atoms with Crippen LogP contribution in [0.4, 0.5) is 4.79 Å². The number of carbonyl (C=O) groups excluding carboxylic acids is 1. The first-order chi connectivity index (χ1) is 7.17. The predicted molar refractivity (Wildman–Crippen MR) is 52.1 cm³/mol. The van der Waals surface area contributed by atoms with E-state index in [-0.39, 0.29) is 6.61 Å². The van der Waals surface area contributed by atoms with Crippen LogP contribution < -0.4 is 10.5 Å². The Morgan fingerprint density at radius 1 is 1.60 bits per heavy atom. The zero-order valence-corrected chi connectivity index (χ0v) is 8.19. The van der Waals surface area contributed by atoms with Crippen LogP contribution in [0.5, 0.6) is 5.75 Å². The lowest BCUT2D eigenvalue weighted by atomic mass is 10.1. The Balaban J connectivity index is 2.88. The first kappa shape index (κ1) is 10.9. The zero-order chi connectivity index (χ0) is 11.3. The van der Waals surface area contributed by atoms with Gasteiger partial charge in [-0.05, 0) is 12.1 Å². The number of hydrogen-bond donors (Lipinski definition) is 1. The second-order valence-electron chi connectivity index (χ2n) is 2.75. The van der Waals surface area contributed by atoms with E-state index in [9.17, 15) is 4.79 Å². The highest BCUT2D eigenvalue weighted by Crippen LogP contribution is 2.20. The summed E-state index contributed by atoms with van der Waals surface area (Å²) in [6.45, 7) is 0.0320. The Hall–Kier alpha value is -2.22. The molecule has 1 amide bonds. The summed E-state index contributed by atoms with van der Waals surface area (Å²) in [5.41, 5.74) is 5.98.